The number of nitrogens with zero attached hydrogens (tertiary/aromatic N) is 2. The van der Waals surface area contributed by atoms with E-state index in [1.165, 1.54) is 12.1 Å². The van der Waals surface area contributed by atoms with Crippen LogP contribution >= 0.6 is 0 Å². The van der Waals surface area contributed by atoms with Crippen molar-refractivity contribution in [3.63, 3.8) is 0 Å². The van der Waals surface area contributed by atoms with E-state index in [0.717, 1.165) is 29.3 Å². The molecule has 1 aliphatic heterocycles. The smallest absolute Gasteiger partial charge is 0.240 e. The van der Waals surface area contributed by atoms with E-state index in [9.17, 15) is 12.8 Å². The highest BCUT2D eigenvalue weighted by Gasteiger charge is 2.56. The van der Waals surface area contributed by atoms with E-state index in [0.29, 0.717) is 24.1 Å². The van der Waals surface area contributed by atoms with Gasteiger partial charge in [0, 0.05) is 17.3 Å². The summed E-state index contributed by atoms with van der Waals surface area (Å²) in [4.78, 5) is 4.33. The average molecular weight is 452 g/mol. The lowest BCUT2D eigenvalue weighted by molar-refractivity contribution is -0.160. The topological polar surface area (TPSA) is 92.1 Å². The van der Waals surface area contributed by atoms with Gasteiger partial charge in [-0.25, -0.2) is 12.8 Å². The van der Waals surface area contributed by atoms with Crippen LogP contribution in [-0.2, 0) is 14.8 Å². The highest BCUT2D eigenvalue weighted by Crippen LogP contribution is 2.49. The largest absolute Gasteiger partial charge is 0.372 e. The zero-order valence-corrected chi connectivity index (χ0v) is 18.1. The van der Waals surface area contributed by atoms with Crippen molar-refractivity contribution >= 4 is 26.6 Å². The molecule has 1 unspecified atom stereocenters. The first-order chi connectivity index (χ1) is 15.4. The quantitative estimate of drug-likeness (QED) is 0.631. The Morgan fingerprint density at radius 1 is 1.12 bits per heavy atom. The number of anilines is 1. The zero-order chi connectivity index (χ0) is 22.3. The first-order valence-electron chi connectivity index (χ1n) is 10.6. The van der Waals surface area contributed by atoms with E-state index in [2.05, 4.69) is 9.71 Å². The lowest BCUT2D eigenvalue weighted by Crippen LogP contribution is -2.63. The number of hydrogen-bond donors (Lipinski definition) is 1. The lowest BCUT2D eigenvalue weighted by Gasteiger charge is -2.52. The fourth-order valence-corrected chi connectivity index (χ4v) is 6.71. The molecule has 2 heterocycles. The molecule has 0 amide bonds. The molecule has 8 heteroatoms. The van der Waals surface area contributed by atoms with Gasteiger partial charge in [0.1, 0.15) is 11.1 Å². The molecule has 6 nitrogen and oxygen atoms in total. The molecule has 1 aliphatic carbocycles. The summed E-state index contributed by atoms with van der Waals surface area (Å²) in [5.74, 6) is -0.0895. The number of sulfonamides is 1. The second-order valence-corrected chi connectivity index (χ2v) is 10.4. The molecule has 1 atom stereocenters. The van der Waals surface area contributed by atoms with E-state index in [1.807, 2.05) is 12.1 Å². The van der Waals surface area contributed by atoms with Crippen LogP contribution in [0.25, 0.3) is 10.9 Å². The van der Waals surface area contributed by atoms with E-state index >= 15 is 0 Å². The first kappa shape index (κ1) is 20.9. The maximum atomic E-state index is 13.8. The number of nitriles is 1. The third-order valence-corrected chi connectivity index (χ3v) is 8.60. The van der Waals surface area contributed by atoms with Crippen molar-refractivity contribution in [2.24, 2.45) is 0 Å². The van der Waals surface area contributed by atoms with Gasteiger partial charge in [0.2, 0.25) is 10.0 Å². The molecule has 5 rings (SSSR count). The van der Waals surface area contributed by atoms with Crippen LogP contribution in [0.1, 0.15) is 42.7 Å². The summed E-state index contributed by atoms with van der Waals surface area (Å²) >= 11 is 0. The number of fused-ring (bicyclic) bond motifs is 1. The summed E-state index contributed by atoms with van der Waals surface area (Å²) < 4.78 is 48.5. The Hall–Kier alpha value is -3.02. The first-order valence-corrected chi connectivity index (χ1v) is 12.1. The Labute approximate surface area is 186 Å². The van der Waals surface area contributed by atoms with Crippen LogP contribution in [0.3, 0.4) is 0 Å². The summed E-state index contributed by atoms with van der Waals surface area (Å²) in [5, 5.41) is 9.10. The maximum absolute atomic E-state index is 13.8. The van der Waals surface area contributed by atoms with Gasteiger partial charge < -0.3 is 4.74 Å². The Balaban J connectivity index is 1.32. The molecule has 1 saturated heterocycles. The number of pyridine rings is 1. The molecule has 3 aromatic rings. The minimum Gasteiger partial charge on any atom is -0.372 e. The average Bonchev–Trinajstić information content (AvgIpc) is 2.78. The Morgan fingerprint density at radius 2 is 1.88 bits per heavy atom. The van der Waals surface area contributed by atoms with E-state index < -0.39 is 20.9 Å². The lowest BCUT2D eigenvalue weighted by atomic mass is 9.72. The molecule has 1 spiro atoms. The van der Waals surface area contributed by atoms with Crippen LogP contribution < -0.4 is 4.72 Å². The highest BCUT2D eigenvalue weighted by molar-refractivity contribution is 7.93. The van der Waals surface area contributed by atoms with Gasteiger partial charge >= 0.3 is 0 Å². The number of ether oxygens (including phenoxy) is 1. The molecule has 2 fully saturated rings. The number of benzene rings is 2. The summed E-state index contributed by atoms with van der Waals surface area (Å²) in [5.41, 5.74) is 2.03. The van der Waals surface area contributed by atoms with Crippen LogP contribution in [0.5, 0.6) is 0 Å². The van der Waals surface area contributed by atoms with Crippen molar-refractivity contribution in [3.05, 3.63) is 71.7 Å². The molecule has 1 aromatic heterocycles. The number of halogens is 1. The van der Waals surface area contributed by atoms with Gasteiger partial charge in [-0.1, -0.05) is 0 Å². The third-order valence-electron chi connectivity index (χ3n) is 6.77. The second kappa shape index (κ2) is 7.84. The zero-order valence-electron chi connectivity index (χ0n) is 17.3. The van der Waals surface area contributed by atoms with Crippen molar-refractivity contribution < 1.29 is 17.5 Å². The SMILES string of the molecule is N#Cc1ccc(NS(=O)(=O)C2COC23CCC(c2ccnc4ccc(F)cc24)CC3)cc1. The second-order valence-electron chi connectivity index (χ2n) is 8.54. The number of aromatic nitrogens is 1. The predicted octanol–water partition coefficient (Wildman–Crippen LogP) is 4.48. The van der Waals surface area contributed by atoms with Gasteiger partial charge in [0.25, 0.3) is 0 Å². The molecule has 1 saturated carbocycles. The van der Waals surface area contributed by atoms with Crippen LogP contribution in [0.2, 0.25) is 0 Å². The summed E-state index contributed by atoms with van der Waals surface area (Å²) in [6, 6.07) is 14.9. The predicted molar refractivity (Wildman–Crippen MR) is 119 cm³/mol. The van der Waals surface area contributed by atoms with Crippen molar-refractivity contribution in [3.8, 4) is 6.07 Å². The van der Waals surface area contributed by atoms with Gasteiger partial charge in [-0.2, -0.15) is 5.26 Å². The minimum atomic E-state index is -3.64. The van der Waals surface area contributed by atoms with Gasteiger partial charge in [-0.15, -0.1) is 0 Å². The molecular weight excluding hydrogens is 429 g/mol. The Bertz CT molecular complexity index is 1310. The summed E-state index contributed by atoms with van der Waals surface area (Å²) in [6.45, 7) is 0.166. The molecular formula is C24H22FN3O3S. The third kappa shape index (κ3) is 3.61. The van der Waals surface area contributed by atoms with E-state index in [1.54, 1.807) is 36.5 Å². The Morgan fingerprint density at radius 3 is 2.53 bits per heavy atom. The number of rotatable bonds is 4. The van der Waals surface area contributed by atoms with Crippen molar-refractivity contribution in [2.75, 3.05) is 11.3 Å². The Kier molecular flexibility index (Phi) is 5.11. The van der Waals surface area contributed by atoms with Crippen molar-refractivity contribution in [1.29, 1.82) is 5.26 Å². The molecule has 2 aromatic carbocycles. The summed E-state index contributed by atoms with van der Waals surface area (Å²) in [7, 11) is -3.64. The van der Waals surface area contributed by atoms with Gasteiger partial charge in [-0.05, 0) is 85.7 Å². The maximum Gasteiger partial charge on any atom is 0.240 e. The molecule has 1 N–H and O–H groups in total. The van der Waals surface area contributed by atoms with Crippen LogP contribution in [0.4, 0.5) is 10.1 Å². The van der Waals surface area contributed by atoms with Crippen LogP contribution in [-0.4, -0.2) is 30.9 Å². The van der Waals surface area contributed by atoms with Crippen molar-refractivity contribution in [2.45, 2.75) is 42.5 Å². The molecule has 2 aliphatic rings. The summed E-state index contributed by atoms with van der Waals surface area (Å²) in [6.07, 6.45) is 4.51. The minimum absolute atomic E-state index is 0.166. The van der Waals surface area contributed by atoms with E-state index in [4.69, 9.17) is 10.00 Å². The fourth-order valence-electron chi connectivity index (χ4n) is 4.99. The molecule has 0 radical (unpaired) electrons. The van der Waals surface area contributed by atoms with Crippen LogP contribution in [0, 0.1) is 17.1 Å². The van der Waals surface area contributed by atoms with Gasteiger partial charge in [0.05, 0.1) is 29.4 Å². The number of nitrogens with one attached hydrogen (secondary N) is 1. The monoisotopic (exact) mass is 451 g/mol. The van der Waals surface area contributed by atoms with Crippen molar-refractivity contribution in [1.82, 2.24) is 4.98 Å². The van der Waals surface area contributed by atoms with Gasteiger partial charge in [-0.3, -0.25) is 9.71 Å². The standard InChI is InChI=1S/C24H22FN3O3S/c25-18-3-6-22-21(13-18)20(9-12-27-22)17-7-10-24(11-8-17)23(15-31-24)32(29,30)28-19-4-1-16(14-26)2-5-19/h1-6,9,12-13,17,23,28H,7-8,10-11,15H2. The number of hydrogen-bond acceptors (Lipinski definition) is 5. The fraction of sp³-hybridized carbons (Fsp3) is 0.333. The van der Waals surface area contributed by atoms with Gasteiger partial charge in [0.15, 0.2) is 0 Å². The molecule has 164 valence electrons. The molecule has 32 heavy (non-hydrogen) atoms. The normalized spacial score (nSPS) is 25.2. The van der Waals surface area contributed by atoms with Crippen LogP contribution in [0.15, 0.2) is 54.7 Å². The molecule has 0 bridgehead atoms. The van der Waals surface area contributed by atoms with E-state index in [-0.39, 0.29) is 18.3 Å². The highest BCUT2D eigenvalue weighted by atomic mass is 32.2.